The fraction of sp³-hybridized carbons (Fsp3) is 0.842. The van der Waals surface area contributed by atoms with Crippen molar-refractivity contribution in [3.8, 4) is 0 Å². The van der Waals surface area contributed by atoms with Crippen molar-refractivity contribution < 1.29 is 4.79 Å². The lowest BCUT2D eigenvalue weighted by Gasteiger charge is -2.08. The van der Waals surface area contributed by atoms with Crippen LogP contribution in [-0.2, 0) is 4.79 Å². The summed E-state index contributed by atoms with van der Waals surface area (Å²) in [6.45, 7) is 4.66. The highest BCUT2D eigenvalue weighted by atomic mass is 16.1. The van der Waals surface area contributed by atoms with E-state index in [1.807, 2.05) is 6.29 Å². The quantitative estimate of drug-likeness (QED) is 0.251. The van der Waals surface area contributed by atoms with E-state index in [1.165, 1.54) is 70.6 Å². The van der Waals surface area contributed by atoms with E-state index in [2.05, 4.69) is 26.0 Å². The highest BCUT2D eigenvalue weighted by molar-refractivity contribution is 5.50. The SMILES string of the molecule is CCCCCC(C)CC/C=C\CCCCCCC[C]=O. The predicted molar refractivity (Wildman–Crippen MR) is 89.7 cm³/mol. The minimum atomic E-state index is 0.621. The van der Waals surface area contributed by atoms with Gasteiger partial charge in [0.1, 0.15) is 0 Å². The molecule has 117 valence electrons. The lowest BCUT2D eigenvalue weighted by Crippen LogP contribution is -1.93. The van der Waals surface area contributed by atoms with Gasteiger partial charge >= 0.3 is 0 Å². The molecule has 0 aliphatic heterocycles. The molecule has 1 atom stereocenters. The Hall–Kier alpha value is -0.590. The van der Waals surface area contributed by atoms with Gasteiger partial charge in [-0.25, -0.2) is 0 Å². The van der Waals surface area contributed by atoms with Crippen molar-refractivity contribution in [2.45, 2.75) is 97.3 Å². The molecule has 1 heteroatoms. The number of unbranched alkanes of at least 4 members (excludes halogenated alkanes) is 8. The summed E-state index contributed by atoms with van der Waals surface area (Å²) in [5, 5.41) is 0. The summed E-state index contributed by atoms with van der Waals surface area (Å²) in [7, 11) is 0. The van der Waals surface area contributed by atoms with Crippen LogP contribution in [-0.4, -0.2) is 6.29 Å². The van der Waals surface area contributed by atoms with Crippen molar-refractivity contribution in [3.63, 3.8) is 0 Å². The lowest BCUT2D eigenvalue weighted by atomic mass is 9.98. The molecule has 0 bridgehead atoms. The molecule has 0 aromatic rings. The maximum absolute atomic E-state index is 10.0. The van der Waals surface area contributed by atoms with Crippen LogP contribution in [0.5, 0.6) is 0 Å². The zero-order valence-electron chi connectivity index (χ0n) is 13.8. The Morgan fingerprint density at radius 3 is 2.30 bits per heavy atom. The van der Waals surface area contributed by atoms with Gasteiger partial charge in [-0.1, -0.05) is 70.9 Å². The molecule has 1 nitrogen and oxygen atoms in total. The average Bonchev–Trinajstić information content (AvgIpc) is 2.45. The van der Waals surface area contributed by atoms with Crippen molar-refractivity contribution in [1.82, 2.24) is 0 Å². The second-order valence-corrected chi connectivity index (χ2v) is 6.10. The van der Waals surface area contributed by atoms with Gasteiger partial charge in [-0.3, -0.25) is 4.79 Å². The second-order valence-electron chi connectivity index (χ2n) is 6.10. The summed E-state index contributed by atoms with van der Waals surface area (Å²) in [5.41, 5.74) is 0. The van der Waals surface area contributed by atoms with E-state index in [0.717, 1.165) is 12.3 Å². The van der Waals surface area contributed by atoms with Crippen LogP contribution in [0.15, 0.2) is 12.2 Å². The Balaban J connectivity index is 3.21. The van der Waals surface area contributed by atoms with E-state index in [0.29, 0.717) is 6.42 Å². The molecule has 0 N–H and O–H groups in total. The van der Waals surface area contributed by atoms with E-state index >= 15 is 0 Å². The first-order chi connectivity index (χ1) is 9.81. The van der Waals surface area contributed by atoms with Crippen molar-refractivity contribution in [3.05, 3.63) is 12.2 Å². The van der Waals surface area contributed by atoms with Crippen molar-refractivity contribution >= 4 is 6.29 Å². The van der Waals surface area contributed by atoms with E-state index in [9.17, 15) is 4.79 Å². The first kappa shape index (κ1) is 19.4. The molecule has 0 aromatic carbocycles. The van der Waals surface area contributed by atoms with Gasteiger partial charge in [0.2, 0.25) is 0 Å². The first-order valence-corrected chi connectivity index (χ1v) is 8.81. The van der Waals surface area contributed by atoms with Crippen LogP contribution in [0.1, 0.15) is 97.3 Å². The van der Waals surface area contributed by atoms with Crippen LogP contribution in [0, 0.1) is 5.92 Å². The Labute approximate surface area is 127 Å². The monoisotopic (exact) mass is 279 g/mol. The standard InChI is InChI=1S/C19H35O/c1-3-4-13-16-19(2)17-14-11-9-7-5-6-8-10-12-15-18-20/h9,11,19H,3-8,10,12-17H2,1-2H3/b11-9-. The van der Waals surface area contributed by atoms with Gasteiger partial charge in [-0.05, 0) is 38.0 Å². The summed E-state index contributed by atoms with van der Waals surface area (Å²) in [5.74, 6) is 0.890. The Kier molecular flexibility index (Phi) is 16.0. The molecule has 0 saturated carbocycles. The normalized spacial score (nSPS) is 12.9. The molecular formula is C19H35O. The number of allylic oxidation sites excluding steroid dienone is 2. The molecule has 0 amide bonds. The first-order valence-electron chi connectivity index (χ1n) is 8.81. The summed E-state index contributed by atoms with van der Waals surface area (Å²) < 4.78 is 0. The molecule has 0 saturated heterocycles. The molecular weight excluding hydrogens is 244 g/mol. The summed E-state index contributed by atoms with van der Waals surface area (Å²) in [6.07, 6.45) is 22.8. The molecule has 0 aromatic heterocycles. The lowest BCUT2D eigenvalue weighted by molar-refractivity contribution is 0.467. The largest absolute Gasteiger partial charge is 0.291 e. The highest BCUT2D eigenvalue weighted by Crippen LogP contribution is 2.15. The van der Waals surface area contributed by atoms with Crippen LogP contribution in [0.2, 0.25) is 0 Å². The third-order valence-electron chi connectivity index (χ3n) is 3.94. The van der Waals surface area contributed by atoms with Gasteiger partial charge in [-0.2, -0.15) is 0 Å². The van der Waals surface area contributed by atoms with E-state index in [1.54, 1.807) is 0 Å². The molecule has 0 fully saturated rings. The van der Waals surface area contributed by atoms with Crippen LogP contribution < -0.4 is 0 Å². The third-order valence-corrected chi connectivity index (χ3v) is 3.94. The fourth-order valence-corrected chi connectivity index (χ4v) is 2.49. The Bertz CT molecular complexity index is 220. The Morgan fingerprint density at radius 1 is 0.850 bits per heavy atom. The average molecular weight is 279 g/mol. The summed E-state index contributed by atoms with van der Waals surface area (Å²) in [4.78, 5) is 10.0. The van der Waals surface area contributed by atoms with Gasteiger partial charge in [0.25, 0.3) is 0 Å². The summed E-state index contributed by atoms with van der Waals surface area (Å²) >= 11 is 0. The maximum atomic E-state index is 10.0. The van der Waals surface area contributed by atoms with Gasteiger partial charge in [0.05, 0.1) is 0 Å². The van der Waals surface area contributed by atoms with Crippen LogP contribution in [0.25, 0.3) is 0 Å². The molecule has 1 radical (unpaired) electrons. The van der Waals surface area contributed by atoms with E-state index in [4.69, 9.17) is 0 Å². The smallest absolute Gasteiger partial charge is 0.198 e. The van der Waals surface area contributed by atoms with Gasteiger partial charge in [0.15, 0.2) is 6.29 Å². The zero-order valence-corrected chi connectivity index (χ0v) is 13.8. The number of hydrogen-bond donors (Lipinski definition) is 0. The third kappa shape index (κ3) is 15.5. The van der Waals surface area contributed by atoms with Crippen LogP contribution >= 0.6 is 0 Å². The zero-order chi connectivity index (χ0) is 14.9. The molecule has 1 unspecified atom stereocenters. The van der Waals surface area contributed by atoms with Gasteiger partial charge in [-0.15, -0.1) is 0 Å². The second kappa shape index (κ2) is 16.5. The molecule has 0 aliphatic rings. The maximum Gasteiger partial charge on any atom is 0.198 e. The van der Waals surface area contributed by atoms with E-state index in [-0.39, 0.29) is 0 Å². The topological polar surface area (TPSA) is 17.1 Å². The fourth-order valence-electron chi connectivity index (χ4n) is 2.49. The Morgan fingerprint density at radius 2 is 1.55 bits per heavy atom. The molecule has 20 heavy (non-hydrogen) atoms. The van der Waals surface area contributed by atoms with Crippen molar-refractivity contribution in [1.29, 1.82) is 0 Å². The molecule has 0 spiro atoms. The number of carbonyl (C=O) groups excluding carboxylic acids is 1. The van der Waals surface area contributed by atoms with Crippen LogP contribution in [0.3, 0.4) is 0 Å². The minimum absolute atomic E-state index is 0.621. The van der Waals surface area contributed by atoms with Crippen molar-refractivity contribution in [2.75, 3.05) is 0 Å². The van der Waals surface area contributed by atoms with Crippen LogP contribution in [0.4, 0.5) is 0 Å². The van der Waals surface area contributed by atoms with Gasteiger partial charge in [0, 0.05) is 6.42 Å². The molecule has 0 rings (SSSR count). The van der Waals surface area contributed by atoms with Crippen molar-refractivity contribution in [2.24, 2.45) is 5.92 Å². The molecule has 0 aliphatic carbocycles. The molecule has 0 heterocycles. The number of hydrogen-bond acceptors (Lipinski definition) is 1. The highest BCUT2D eigenvalue weighted by Gasteiger charge is 1.99. The predicted octanol–water partition coefficient (Wildman–Crippen LogP) is 6.38. The van der Waals surface area contributed by atoms with E-state index < -0.39 is 0 Å². The number of rotatable bonds is 15. The van der Waals surface area contributed by atoms with Gasteiger partial charge < -0.3 is 0 Å². The summed E-state index contributed by atoms with van der Waals surface area (Å²) in [6, 6.07) is 0. The minimum Gasteiger partial charge on any atom is -0.291 e.